The zero-order chi connectivity index (χ0) is 15.6. The van der Waals surface area contributed by atoms with Gasteiger partial charge in [-0.2, -0.15) is 0 Å². The Bertz CT molecular complexity index is 547. The fraction of sp³-hybridized carbons (Fsp3) is 0.611. The number of amides is 1. The molecule has 120 valence electrons. The first-order chi connectivity index (χ1) is 10.6. The number of benzene rings is 1. The third-order valence-corrected chi connectivity index (χ3v) is 4.84. The molecule has 0 spiro atoms. The molecule has 1 aliphatic carbocycles. The van der Waals surface area contributed by atoms with Crippen LogP contribution in [-0.4, -0.2) is 25.7 Å². The topological polar surface area (TPSA) is 47.6 Å². The van der Waals surface area contributed by atoms with Gasteiger partial charge in [0, 0.05) is 17.9 Å². The molecule has 2 aliphatic rings. The minimum atomic E-state index is 0.0266. The number of carbonyl (C=O) groups excluding carboxylic acids is 1. The van der Waals surface area contributed by atoms with Crippen molar-refractivity contribution in [3.8, 4) is 11.5 Å². The van der Waals surface area contributed by atoms with E-state index in [-0.39, 0.29) is 17.2 Å². The van der Waals surface area contributed by atoms with Crippen LogP contribution in [-0.2, 0) is 10.2 Å². The summed E-state index contributed by atoms with van der Waals surface area (Å²) in [4.78, 5) is 11.9. The van der Waals surface area contributed by atoms with Gasteiger partial charge in [0.25, 0.3) is 0 Å². The van der Waals surface area contributed by atoms with E-state index in [1.54, 1.807) is 0 Å². The number of nitrogens with one attached hydrogen (secondary N) is 1. The number of hydrogen-bond donors (Lipinski definition) is 1. The predicted molar refractivity (Wildman–Crippen MR) is 85.4 cm³/mol. The highest BCUT2D eigenvalue weighted by Crippen LogP contribution is 2.43. The molecule has 0 unspecified atom stereocenters. The molecule has 1 fully saturated rings. The first kappa shape index (κ1) is 15.2. The van der Waals surface area contributed by atoms with Crippen LogP contribution in [0.5, 0.6) is 11.5 Å². The summed E-state index contributed by atoms with van der Waals surface area (Å²) in [5, 5.41) is 3.13. The summed E-state index contributed by atoms with van der Waals surface area (Å²) >= 11 is 0. The second-order valence-corrected chi connectivity index (χ2v) is 6.72. The Hall–Kier alpha value is -1.71. The summed E-state index contributed by atoms with van der Waals surface area (Å²) in [5.74, 6) is 1.82. The van der Waals surface area contributed by atoms with E-state index in [1.807, 2.05) is 19.9 Å². The SMILES string of the molecule is CC(C)C(=O)NCC1(c2ccc3c(c2)OCCO3)CCCC1. The van der Waals surface area contributed by atoms with E-state index in [2.05, 4.69) is 17.4 Å². The molecule has 1 N–H and O–H groups in total. The molecule has 0 bridgehead atoms. The van der Waals surface area contributed by atoms with Crippen LogP contribution in [0.2, 0.25) is 0 Å². The van der Waals surface area contributed by atoms with Crippen LogP contribution in [0.1, 0.15) is 45.1 Å². The lowest BCUT2D eigenvalue weighted by molar-refractivity contribution is -0.124. The summed E-state index contributed by atoms with van der Waals surface area (Å²) < 4.78 is 11.3. The van der Waals surface area contributed by atoms with Gasteiger partial charge in [-0.25, -0.2) is 0 Å². The summed E-state index contributed by atoms with van der Waals surface area (Å²) in [6, 6.07) is 6.26. The second kappa shape index (κ2) is 6.19. The van der Waals surface area contributed by atoms with E-state index >= 15 is 0 Å². The predicted octanol–water partition coefficient (Wildman–Crippen LogP) is 3.04. The molecule has 1 amide bonds. The highest BCUT2D eigenvalue weighted by molar-refractivity contribution is 5.78. The maximum absolute atomic E-state index is 11.9. The molecule has 22 heavy (non-hydrogen) atoms. The zero-order valence-electron chi connectivity index (χ0n) is 13.5. The van der Waals surface area contributed by atoms with E-state index in [0.717, 1.165) is 24.3 Å². The third kappa shape index (κ3) is 2.92. The largest absolute Gasteiger partial charge is 0.486 e. The highest BCUT2D eigenvalue weighted by atomic mass is 16.6. The lowest BCUT2D eigenvalue weighted by Gasteiger charge is -2.31. The lowest BCUT2D eigenvalue weighted by Crippen LogP contribution is -2.40. The Balaban J connectivity index is 1.82. The van der Waals surface area contributed by atoms with Crippen LogP contribution in [0.25, 0.3) is 0 Å². The molecule has 1 heterocycles. The zero-order valence-corrected chi connectivity index (χ0v) is 13.5. The van der Waals surface area contributed by atoms with E-state index in [1.165, 1.54) is 18.4 Å². The van der Waals surface area contributed by atoms with E-state index in [9.17, 15) is 4.79 Å². The number of carbonyl (C=O) groups is 1. The molecule has 0 radical (unpaired) electrons. The van der Waals surface area contributed by atoms with Gasteiger partial charge in [-0.05, 0) is 30.5 Å². The van der Waals surface area contributed by atoms with Crippen molar-refractivity contribution in [3.63, 3.8) is 0 Å². The van der Waals surface area contributed by atoms with E-state index in [4.69, 9.17) is 9.47 Å². The molecule has 4 nitrogen and oxygen atoms in total. The molecule has 1 aliphatic heterocycles. The quantitative estimate of drug-likeness (QED) is 0.930. The summed E-state index contributed by atoms with van der Waals surface area (Å²) in [7, 11) is 0. The van der Waals surface area contributed by atoms with Crippen LogP contribution in [0.15, 0.2) is 18.2 Å². The van der Waals surface area contributed by atoms with Crippen LogP contribution >= 0.6 is 0 Å². The minimum Gasteiger partial charge on any atom is -0.486 e. The third-order valence-electron chi connectivity index (χ3n) is 4.84. The lowest BCUT2D eigenvalue weighted by atomic mass is 9.78. The highest BCUT2D eigenvalue weighted by Gasteiger charge is 2.36. The first-order valence-electron chi connectivity index (χ1n) is 8.29. The van der Waals surface area contributed by atoms with Gasteiger partial charge < -0.3 is 14.8 Å². The average Bonchev–Trinajstić information content (AvgIpc) is 3.02. The summed E-state index contributed by atoms with van der Waals surface area (Å²) in [6.45, 7) is 5.79. The van der Waals surface area contributed by atoms with Crippen LogP contribution in [0, 0.1) is 5.92 Å². The Morgan fingerprint density at radius 3 is 2.55 bits per heavy atom. The molecule has 1 aromatic carbocycles. The van der Waals surface area contributed by atoms with Gasteiger partial charge in [0.1, 0.15) is 13.2 Å². The summed E-state index contributed by atoms with van der Waals surface area (Å²) in [6.07, 6.45) is 4.66. The van der Waals surface area contributed by atoms with Crippen LogP contribution < -0.4 is 14.8 Å². The van der Waals surface area contributed by atoms with Gasteiger partial charge in [0.2, 0.25) is 5.91 Å². The Labute approximate surface area is 132 Å². The average molecular weight is 303 g/mol. The monoisotopic (exact) mass is 303 g/mol. The smallest absolute Gasteiger partial charge is 0.222 e. The van der Waals surface area contributed by atoms with Crippen LogP contribution in [0.4, 0.5) is 0 Å². The van der Waals surface area contributed by atoms with Gasteiger partial charge in [-0.3, -0.25) is 4.79 Å². The van der Waals surface area contributed by atoms with Crippen molar-refractivity contribution in [3.05, 3.63) is 23.8 Å². The van der Waals surface area contributed by atoms with Crippen molar-refractivity contribution in [1.82, 2.24) is 5.32 Å². The Kier molecular flexibility index (Phi) is 4.27. The van der Waals surface area contributed by atoms with Crippen molar-refractivity contribution in [2.45, 2.75) is 44.9 Å². The van der Waals surface area contributed by atoms with Crippen molar-refractivity contribution in [1.29, 1.82) is 0 Å². The van der Waals surface area contributed by atoms with Gasteiger partial charge in [0.05, 0.1) is 0 Å². The normalized spacial score (nSPS) is 19.2. The minimum absolute atomic E-state index is 0.0266. The fourth-order valence-electron chi connectivity index (χ4n) is 3.45. The van der Waals surface area contributed by atoms with Gasteiger partial charge in [-0.15, -0.1) is 0 Å². The standard InChI is InChI=1S/C18H25NO3/c1-13(2)17(20)19-12-18(7-3-4-8-18)14-5-6-15-16(11-14)22-10-9-21-15/h5-6,11,13H,3-4,7-10,12H2,1-2H3,(H,19,20). The van der Waals surface area contributed by atoms with Gasteiger partial charge >= 0.3 is 0 Å². The fourth-order valence-corrected chi connectivity index (χ4v) is 3.45. The van der Waals surface area contributed by atoms with Crippen molar-refractivity contribution >= 4 is 5.91 Å². The molecule has 0 saturated heterocycles. The van der Waals surface area contributed by atoms with E-state index in [0.29, 0.717) is 19.8 Å². The van der Waals surface area contributed by atoms with Crippen molar-refractivity contribution < 1.29 is 14.3 Å². The Morgan fingerprint density at radius 2 is 1.86 bits per heavy atom. The van der Waals surface area contributed by atoms with E-state index < -0.39 is 0 Å². The maximum atomic E-state index is 11.9. The Morgan fingerprint density at radius 1 is 1.18 bits per heavy atom. The van der Waals surface area contributed by atoms with Gasteiger partial charge in [-0.1, -0.05) is 32.8 Å². The van der Waals surface area contributed by atoms with Crippen LogP contribution in [0.3, 0.4) is 0 Å². The molecule has 1 aromatic rings. The summed E-state index contributed by atoms with van der Waals surface area (Å²) in [5.41, 5.74) is 1.30. The van der Waals surface area contributed by atoms with Gasteiger partial charge in [0.15, 0.2) is 11.5 Å². The van der Waals surface area contributed by atoms with Crippen molar-refractivity contribution in [2.24, 2.45) is 5.92 Å². The molecular formula is C18H25NO3. The number of hydrogen-bond acceptors (Lipinski definition) is 3. The molecule has 1 saturated carbocycles. The number of rotatable bonds is 4. The molecule has 0 aromatic heterocycles. The van der Waals surface area contributed by atoms with Crippen molar-refractivity contribution in [2.75, 3.05) is 19.8 Å². The number of ether oxygens (including phenoxy) is 2. The number of fused-ring (bicyclic) bond motifs is 1. The second-order valence-electron chi connectivity index (χ2n) is 6.72. The molecule has 3 rings (SSSR count). The first-order valence-corrected chi connectivity index (χ1v) is 8.29. The molecular weight excluding hydrogens is 278 g/mol. The molecule has 0 atom stereocenters. The molecule has 4 heteroatoms. The maximum Gasteiger partial charge on any atom is 0.222 e.